The fourth-order valence-electron chi connectivity index (χ4n) is 5.32. The van der Waals surface area contributed by atoms with Crippen LogP contribution in [0.1, 0.15) is 40.1 Å². The lowest BCUT2D eigenvalue weighted by atomic mass is 9.83. The van der Waals surface area contributed by atoms with Gasteiger partial charge >= 0.3 is 0 Å². The van der Waals surface area contributed by atoms with Gasteiger partial charge in [-0.15, -0.1) is 0 Å². The van der Waals surface area contributed by atoms with Gasteiger partial charge in [0.25, 0.3) is 11.8 Å². The summed E-state index contributed by atoms with van der Waals surface area (Å²) in [4.78, 5) is 38.8. The van der Waals surface area contributed by atoms with Crippen molar-refractivity contribution in [1.29, 1.82) is 0 Å². The highest BCUT2D eigenvalue weighted by Gasteiger charge is 2.31. The van der Waals surface area contributed by atoms with E-state index in [0.29, 0.717) is 17.5 Å². The zero-order valence-electron chi connectivity index (χ0n) is 18.2. The predicted molar refractivity (Wildman–Crippen MR) is 128 cm³/mol. The van der Waals surface area contributed by atoms with Crippen LogP contribution in [0.5, 0.6) is 0 Å². The van der Waals surface area contributed by atoms with E-state index in [0.717, 1.165) is 43.3 Å². The maximum Gasteiger partial charge on any atom is 0.261 e. The lowest BCUT2D eigenvalue weighted by molar-refractivity contribution is -0.120. The number of Topliss-reactive ketones (excluding diaryl/α,β-unsaturated/α-hetero) is 1. The number of carbonyl (C=O) groups excluding carboxylic acids is 3. The summed E-state index contributed by atoms with van der Waals surface area (Å²) in [6.45, 7) is 3.62. The Morgan fingerprint density at radius 1 is 0.750 bits per heavy atom. The molecule has 156 valence electrons. The molecule has 5 aromatic rings. The average Bonchev–Trinajstić information content (AvgIpc) is 2.80. The van der Waals surface area contributed by atoms with Crippen molar-refractivity contribution in [1.82, 2.24) is 4.90 Å². The van der Waals surface area contributed by atoms with E-state index in [-0.39, 0.29) is 23.5 Å². The van der Waals surface area contributed by atoms with Crippen molar-refractivity contribution in [2.75, 3.05) is 7.05 Å². The molecule has 0 unspecified atom stereocenters. The van der Waals surface area contributed by atoms with Gasteiger partial charge in [0, 0.05) is 29.5 Å². The van der Waals surface area contributed by atoms with Gasteiger partial charge in [0.2, 0.25) is 0 Å². The third-order valence-corrected chi connectivity index (χ3v) is 7.16. The van der Waals surface area contributed by atoms with Crippen LogP contribution >= 0.6 is 0 Å². The maximum absolute atomic E-state index is 12.9. The SMILES string of the molecule is CC(=O)[C@H](C)Cc1ccc2c3ccc4c5c(ccc(c6cccc1c62)c53)C(=O)N(C)C4=O. The Balaban J connectivity index is 1.78. The van der Waals surface area contributed by atoms with Crippen LogP contribution in [-0.4, -0.2) is 29.5 Å². The summed E-state index contributed by atoms with van der Waals surface area (Å²) in [7, 11) is 1.53. The summed E-state index contributed by atoms with van der Waals surface area (Å²) in [5, 5.41) is 8.33. The van der Waals surface area contributed by atoms with Crippen LogP contribution in [0.15, 0.2) is 54.6 Å². The zero-order chi connectivity index (χ0) is 22.3. The second-order valence-electron chi connectivity index (χ2n) is 8.96. The molecule has 0 spiro atoms. The van der Waals surface area contributed by atoms with Gasteiger partial charge in [0.1, 0.15) is 5.78 Å². The normalized spacial score (nSPS) is 14.9. The summed E-state index contributed by atoms with van der Waals surface area (Å²) in [6.07, 6.45) is 0.699. The molecule has 0 aliphatic carbocycles. The van der Waals surface area contributed by atoms with Gasteiger partial charge in [-0.2, -0.15) is 0 Å². The number of benzene rings is 5. The van der Waals surface area contributed by atoms with Gasteiger partial charge in [-0.05, 0) is 68.7 Å². The molecule has 1 aliphatic heterocycles. The summed E-state index contributed by atoms with van der Waals surface area (Å²) in [5.41, 5.74) is 2.31. The maximum atomic E-state index is 12.9. The molecular weight excluding hydrogens is 398 g/mol. The highest BCUT2D eigenvalue weighted by molar-refractivity contribution is 6.38. The Labute approximate surface area is 184 Å². The summed E-state index contributed by atoms with van der Waals surface area (Å²) in [5.74, 6) is -0.370. The van der Waals surface area contributed by atoms with Crippen molar-refractivity contribution in [3.05, 3.63) is 71.3 Å². The van der Waals surface area contributed by atoms with Crippen LogP contribution in [-0.2, 0) is 11.2 Å². The summed E-state index contributed by atoms with van der Waals surface area (Å²) < 4.78 is 0. The van der Waals surface area contributed by atoms with Crippen molar-refractivity contribution >= 4 is 60.7 Å². The van der Waals surface area contributed by atoms with Crippen molar-refractivity contribution < 1.29 is 14.4 Å². The quantitative estimate of drug-likeness (QED) is 0.213. The zero-order valence-corrected chi connectivity index (χ0v) is 18.2. The van der Waals surface area contributed by atoms with Crippen LogP contribution in [0.2, 0.25) is 0 Å². The number of imide groups is 1. The Morgan fingerprint density at radius 2 is 1.28 bits per heavy atom. The van der Waals surface area contributed by atoms with Crippen LogP contribution in [0.3, 0.4) is 0 Å². The number of ketones is 1. The van der Waals surface area contributed by atoms with E-state index in [2.05, 4.69) is 24.3 Å². The number of rotatable bonds is 3. The van der Waals surface area contributed by atoms with E-state index in [1.807, 2.05) is 37.3 Å². The van der Waals surface area contributed by atoms with E-state index in [4.69, 9.17) is 0 Å². The van der Waals surface area contributed by atoms with Gasteiger partial charge in [0.15, 0.2) is 0 Å². The Kier molecular flexibility index (Phi) is 3.76. The molecule has 4 nitrogen and oxygen atoms in total. The van der Waals surface area contributed by atoms with E-state index in [1.54, 1.807) is 6.92 Å². The van der Waals surface area contributed by atoms with Crippen LogP contribution in [0, 0.1) is 5.92 Å². The predicted octanol–water partition coefficient (Wildman–Crippen LogP) is 5.73. The molecule has 0 saturated heterocycles. The van der Waals surface area contributed by atoms with E-state index in [9.17, 15) is 14.4 Å². The van der Waals surface area contributed by atoms with Crippen LogP contribution in [0.25, 0.3) is 43.1 Å². The lowest BCUT2D eigenvalue weighted by Gasteiger charge is -2.26. The van der Waals surface area contributed by atoms with Gasteiger partial charge < -0.3 is 0 Å². The molecule has 1 aliphatic rings. The van der Waals surface area contributed by atoms with Crippen molar-refractivity contribution in [2.24, 2.45) is 5.92 Å². The number of hydrogen-bond acceptors (Lipinski definition) is 3. The van der Waals surface area contributed by atoms with Crippen molar-refractivity contribution in [3.63, 3.8) is 0 Å². The second-order valence-corrected chi connectivity index (χ2v) is 8.96. The lowest BCUT2D eigenvalue weighted by Crippen LogP contribution is -2.36. The first-order chi connectivity index (χ1) is 15.4. The first-order valence-electron chi connectivity index (χ1n) is 10.9. The van der Waals surface area contributed by atoms with Gasteiger partial charge in [-0.25, -0.2) is 0 Å². The van der Waals surface area contributed by atoms with Crippen molar-refractivity contribution in [2.45, 2.75) is 20.3 Å². The van der Waals surface area contributed by atoms with Crippen LogP contribution in [0.4, 0.5) is 0 Å². The molecule has 0 N–H and O–H groups in total. The minimum absolute atomic E-state index is 0.0386. The van der Waals surface area contributed by atoms with Gasteiger partial charge in [-0.3, -0.25) is 19.3 Å². The Hall–Kier alpha value is -3.79. The minimum Gasteiger partial charge on any atom is -0.300 e. The summed E-state index contributed by atoms with van der Waals surface area (Å²) in [6, 6.07) is 18.2. The average molecular weight is 419 g/mol. The Morgan fingerprint density at radius 3 is 1.91 bits per heavy atom. The molecule has 0 aromatic heterocycles. The molecule has 0 radical (unpaired) electrons. The molecule has 1 atom stereocenters. The smallest absolute Gasteiger partial charge is 0.261 e. The molecule has 32 heavy (non-hydrogen) atoms. The van der Waals surface area contributed by atoms with Crippen LogP contribution < -0.4 is 0 Å². The number of fused-ring (bicyclic) bond motifs is 2. The number of amides is 2. The molecule has 0 bridgehead atoms. The number of hydrogen-bond donors (Lipinski definition) is 0. The molecule has 4 heteroatoms. The topological polar surface area (TPSA) is 54.5 Å². The molecular formula is C28H21NO3. The first kappa shape index (κ1) is 18.9. The highest BCUT2D eigenvalue weighted by atomic mass is 16.2. The van der Waals surface area contributed by atoms with Crippen molar-refractivity contribution in [3.8, 4) is 0 Å². The molecule has 5 aromatic carbocycles. The fourth-order valence-corrected chi connectivity index (χ4v) is 5.32. The Bertz CT molecular complexity index is 1580. The van der Waals surface area contributed by atoms with Gasteiger partial charge in [-0.1, -0.05) is 49.4 Å². The standard InChI is InChI=1S/C28H21NO3/c1-14(15(2)30)13-16-7-8-19-21-10-12-23-26-22(27(31)29(3)28(23)32)11-9-20(25(21)26)18-6-4-5-17(16)24(18)19/h4-12,14H,13H2,1-3H3/t14-/m1/s1. The minimum atomic E-state index is -0.260. The molecule has 1 heterocycles. The molecule has 0 fully saturated rings. The number of carbonyl (C=O) groups is 3. The molecule has 0 saturated carbocycles. The van der Waals surface area contributed by atoms with E-state index < -0.39 is 0 Å². The third-order valence-electron chi connectivity index (χ3n) is 7.16. The van der Waals surface area contributed by atoms with E-state index in [1.165, 1.54) is 17.3 Å². The first-order valence-corrected chi connectivity index (χ1v) is 10.9. The molecule has 6 rings (SSSR count). The fraction of sp³-hybridized carbons (Fsp3) is 0.179. The second kappa shape index (κ2) is 6.36. The largest absolute Gasteiger partial charge is 0.300 e. The monoisotopic (exact) mass is 419 g/mol. The van der Waals surface area contributed by atoms with Gasteiger partial charge in [0.05, 0.1) is 0 Å². The van der Waals surface area contributed by atoms with E-state index >= 15 is 0 Å². The highest BCUT2D eigenvalue weighted by Crippen LogP contribution is 2.44. The third kappa shape index (κ3) is 2.29. The molecule has 2 amide bonds. The number of nitrogens with zero attached hydrogens (tertiary/aromatic N) is 1. The summed E-state index contributed by atoms with van der Waals surface area (Å²) >= 11 is 0.